The summed E-state index contributed by atoms with van der Waals surface area (Å²) in [5.74, 6) is 0.494. The lowest BCUT2D eigenvalue weighted by molar-refractivity contribution is 0.0936. The number of nitrogens with one attached hydrogen (secondary N) is 1. The molecular formula is C14H17ClN4O. The fourth-order valence-electron chi connectivity index (χ4n) is 2.86. The van der Waals surface area contributed by atoms with Crippen molar-refractivity contribution in [3.63, 3.8) is 0 Å². The molecule has 20 heavy (non-hydrogen) atoms. The molecule has 1 N–H and O–H groups in total. The Balaban J connectivity index is 1.73. The molecule has 3 rings (SSSR count). The van der Waals surface area contributed by atoms with Gasteiger partial charge in [-0.2, -0.15) is 5.10 Å². The van der Waals surface area contributed by atoms with E-state index in [1.165, 1.54) is 12.8 Å². The number of nitrogens with zero attached hydrogens (tertiary/aromatic N) is 3. The number of carbonyl (C=O) groups excluding carboxylic acids is 1. The standard InChI is InChI=1S/C14H17ClN4O/c15-9-14(3-1-2-4-14)10-17-13(20)11-7-18-19-6-5-16-8-12(11)19/h5-8H,1-4,9-10H2,(H,17,20). The summed E-state index contributed by atoms with van der Waals surface area (Å²) in [4.78, 5) is 16.3. The van der Waals surface area contributed by atoms with Crippen LogP contribution >= 0.6 is 11.6 Å². The second-order valence-corrected chi connectivity index (χ2v) is 5.76. The second kappa shape index (κ2) is 5.40. The van der Waals surface area contributed by atoms with Gasteiger partial charge in [-0.25, -0.2) is 4.52 Å². The van der Waals surface area contributed by atoms with Gasteiger partial charge in [0.15, 0.2) is 0 Å². The van der Waals surface area contributed by atoms with E-state index in [9.17, 15) is 4.79 Å². The van der Waals surface area contributed by atoms with Gasteiger partial charge in [-0.05, 0) is 12.8 Å². The average Bonchev–Trinajstić information content (AvgIpc) is 3.12. The number of hydrogen-bond acceptors (Lipinski definition) is 3. The van der Waals surface area contributed by atoms with E-state index in [2.05, 4.69) is 15.4 Å². The SMILES string of the molecule is O=C(NCC1(CCl)CCCC1)c1cnn2ccncc12. The molecule has 6 heteroatoms. The van der Waals surface area contributed by atoms with Gasteiger partial charge in [0, 0.05) is 30.2 Å². The first-order chi connectivity index (χ1) is 9.74. The monoisotopic (exact) mass is 292 g/mol. The molecule has 1 aliphatic rings. The van der Waals surface area contributed by atoms with Crippen LogP contribution in [0.15, 0.2) is 24.8 Å². The summed E-state index contributed by atoms with van der Waals surface area (Å²) in [7, 11) is 0. The van der Waals surface area contributed by atoms with Crippen LogP contribution in [0.1, 0.15) is 36.0 Å². The van der Waals surface area contributed by atoms with Crippen molar-refractivity contribution in [1.82, 2.24) is 19.9 Å². The highest BCUT2D eigenvalue weighted by molar-refractivity contribution is 6.18. The summed E-state index contributed by atoms with van der Waals surface area (Å²) in [6.07, 6.45) is 11.2. The zero-order valence-electron chi connectivity index (χ0n) is 11.2. The van der Waals surface area contributed by atoms with E-state index < -0.39 is 0 Å². The van der Waals surface area contributed by atoms with Crippen LogP contribution in [-0.4, -0.2) is 32.9 Å². The summed E-state index contributed by atoms with van der Waals surface area (Å²) in [5.41, 5.74) is 1.34. The lowest BCUT2D eigenvalue weighted by atomic mass is 9.88. The summed E-state index contributed by atoms with van der Waals surface area (Å²) in [6, 6.07) is 0. The van der Waals surface area contributed by atoms with E-state index in [0.717, 1.165) is 18.4 Å². The first-order valence-corrected chi connectivity index (χ1v) is 7.39. The van der Waals surface area contributed by atoms with Crippen molar-refractivity contribution in [1.29, 1.82) is 0 Å². The Morgan fingerprint density at radius 2 is 2.20 bits per heavy atom. The maximum Gasteiger partial charge on any atom is 0.255 e. The van der Waals surface area contributed by atoms with Crippen molar-refractivity contribution in [3.8, 4) is 0 Å². The smallest absolute Gasteiger partial charge is 0.255 e. The van der Waals surface area contributed by atoms with E-state index in [4.69, 9.17) is 11.6 Å². The zero-order chi connectivity index (χ0) is 14.0. The van der Waals surface area contributed by atoms with Crippen LogP contribution in [0.25, 0.3) is 5.52 Å². The largest absolute Gasteiger partial charge is 0.351 e. The molecule has 0 aliphatic heterocycles. The van der Waals surface area contributed by atoms with Crippen LogP contribution < -0.4 is 5.32 Å². The zero-order valence-corrected chi connectivity index (χ0v) is 11.9. The molecule has 106 valence electrons. The third-order valence-corrected chi connectivity index (χ3v) is 4.71. The van der Waals surface area contributed by atoms with E-state index in [-0.39, 0.29) is 11.3 Å². The first kappa shape index (κ1) is 13.4. The van der Waals surface area contributed by atoms with E-state index in [0.29, 0.717) is 18.0 Å². The highest BCUT2D eigenvalue weighted by Crippen LogP contribution is 2.38. The summed E-state index contributed by atoms with van der Waals surface area (Å²) in [6.45, 7) is 0.632. The molecule has 1 fully saturated rings. The minimum absolute atomic E-state index is 0.0679. The van der Waals surface area contributed by atoms with E-state index >= 15 is 0 Å². The van der Waals surface area contributed by atoms with Crippen molar-refractivity contribution in [3.05, 3.63) is 30.4 Å². The maximum absolute atomic E-state index is 12.3. The fraction of sp³-hybridized carbons (Fsp3) is 0.500. The predicted molar refractivity (Wildman–Crippen MR) is 76.9 cm³/mol. The number of amides is 1. The third-order valence-electron chi connectivity index (χ3n) is 4.14. The van der Waals surface area contributed by atoms with Crippen LogP contribution in [0.3, 0.4) is 0 Å². The van der Waals surface area contributed by atoms with Crippen LogP contribution in [0.5, 0.6) is 0 Å². The normalized spacial score (nSPS) is 17.4. The number of fused-ring (bicyclic) bond motifs is 1. The molecule has 0 atom stereocenters. The van der Waals surface area contributed by atoms with Crippen molar-refractivity contribution >= 4 is 23.0 Å². The van der Waals surface area contributed by atoms with Gasteiger partial charge in [0.1, 0.15) is 0 Å². The van der Waals surface area contributed by atoms with Gasteiger partial charge in [0.25, 0.3) is 5.91 Å². The molecule has 5 nitrogen and oxygen atoms in total. The quantitative estimate of drug-likeness (QED) is 0.879. The number of alkyl halides is 1. The lowest BCUT2D eigenvalue weighted by Gasteiger charge is -2.26. The van der Waals surface area contributed by atoms with Crippen LogP contribution in [0.4, 0.5) is 0 Å². The fourth-order valence-corrected chi connectivity index (χ4v) is 3.22. The molecule has 1 saturated carbocycles. The lowest BCUT2D eigenvalue weighted by Crippen LogP contribution is -2.37. The minimum Gasteiger partial charge on any atom is -0.351 e. The first-order valence-electron chi connectivity index (χ1n) is 6.86. The minimum atomic E-state index is -0.107. The molecule has 0 saturated heterocycles. The van der Waals surface area contributed by atoms with Crippen LogP contribution in [0.2, 0.25) is 0 Å². The Morgan fingerprint density at radius 1 is 1.40 bits per heavy atom. The summed E-state index contributed by atoms with van der Waals surface area (Å²) in [5, 5.41) is 7.15. The second-order valence-electron chi connectivity index (χ2n) is 5.49. The summed E-state index contributed by atoms with van der Waals surface area (Å²) < 4.78 is 1.65. The van der Waals surface area contributed by atoms with Gasteiger partial charge in [-0.1, -0.05) is 12.8 Å². The average molecular weight is 293 g/mol. The Morgan fingerprint density at radius 3 is 2.95 bits per heavy atom. The van der Waals surface area contributed by atoms with Gasteiger partial charge in [-0.15, -0.1) is 11.6 Å². The molecule has 0 bridgehead atoms. The van der Waals surface area contributed by atoms with Gasteiger partial charge in [0.05, 0.1) is 23.5 Å². The Labute approximate surface area is 122 Å². The highest BCUT2D eigenvalue weighted by Gasteiger charge is 2.33. The van der Waals surface area contributed by atoms with Crippen LogP contribution in [-0.2, 0) is 0 Å². The molecule has 1 amide bonds. The molecule has 2 aromatic rings. The van der Waals surface area contributed by atoms with E-state index in [1.54, 1.807) is 29.3 Å². The van der Waals surface area contributed by atoms with Gasteiger partial charge in [0.2, 0.25) is 0 Å². The molecule has 2 heterocycles. The van der Waals surface area contributed by atoms with Crippen molar-refractivity contribution in [2.75, 3.05) is 12.4 Å². The predicted octanol–water partition coefficient (Wildman–Crippen LogP) is 2.26. The molecule has 0 spiro atoms. The number of hydrogen-bond donors (Lipinski definition) is 1. The van der Waals surface area contributed by atoms with Crippen molar-refractivity contribution in [2.24, 2.45) is 5.41 Å². The molecular weight excluding hydrogens is 276 g/mol. The maximum atomic E-state index is 12.3. The molecule has 0 radical (unpaired) electrons. The van der Waals surface area contributed by atoms with Crippen LogP contribution in [0, 0.1) is 5.41 Å². The molecule has 0 unspecified atom stereocenters. The molecule has 2 aromatic heterocycles. The number of carbonyl (C=O) groups is 1. The summed E-state index contributed by atoms with van der Waals surface area (Å²) >= 11 is 6.09. The Kier molecular flexibility index (Phi) is 3.61. The molecule has 1 aliphatic carbocycles. The number of halogens is 1. The Bertz CT molecular complexity index is 618. The van der Waals surface area contributed by atoms with Gasteiger partial charge < -0.3 is 5.32 Å². The van der Waals surface area contributed by atoms with Gasteiger partial charge in [-0.3, -0.25) is 9.78 Å². The third kappa shape index (κ3) is 2.38. The Hall–Kier alpha value is -1.62. The topological polar surface area (TPSA) is 59.3 Å². The van der Waals surface area contributed by atoms with Crippen molar-refractivity contribution in [2.45, 2.75) is 25.7 Å². The van der Waals surface area contributed by atoms with Crippen molar-refractivity contribution < 1.29 is 4.79 Å². The van der Waals surface area contributed by atoms with E-state index in [1.807, 2.05) is 0 Å². The number of aromatic nitrogens is 3. The van der Waals surface area contributed by atoms with Gasteiger partial charge >= 0.3 is 0 Å². The highest BCUT2D eigenvalue weighted by atomic mass is 35.5. The molecule has 0 aromatic carbocycles. The number of rotatable bonds is 4.